The first-order valence-electron chi connectivity index (χ1n) is 5.04. The normalized spacial score (nSPS) is 13.2. The second-order valence-electron chi connectivity index (χ2n) is 3.53. The Balaban J connectivity index is 4.02. The van der Waals surface area contributed by atoms with Gasteiger partial charge in [0.05, 0.1) is 13.5 Å². The van der Waals surface area contributed by atoms with Crippen LogP contribution in [-0.4, -0.2) is 25.0 Å². The predicted molar refractivity (Wildman–Crippen MR) is 58.3 cm³/mol. The highest BCUT2D eigenvalue weighted by molar-refractivity contribution is 5.88. The SMILES string of the molecule is CCC(C)=CC(=O)NC(C)CC(=O)OC. The number of esters is 1. The Labute approximate surface area is 90.7 Å². The summed E-state index contributed by atoms with van der Waals surface area (Å²) in [7, 11) is 1.33. The van der Waals surface area contributed by atoms with Crippen LogP contribution in [0.15, 0.2) is 11.6 Å². The zero-order chi connectivity index (χ0) is 11.8. The van der Waals surface area contributed by atoms with E-state index in [1.54, 1.807) is 13.0 Å². The molecule has 0 heterocycles. The average molecular weight is 213 g/mol. The molecule has 0 spiro atoms. The molecule has 0 rings (SSSR count). The van der Waals surface area contributed by atoms with Crippen molar-refractivity contribution in [3.63, 3.8) is 0 Å². The van der Waals surface area contributed by atoms with Gasteiger partial charge in [0.1, 0.15) is 0 Å². The van der Waals surface area contributed by atoms with Gasteiger partial charge in [-0.25, -0.2) is 0 Å². The third-order valence-corrected chi connectivity index (χ3v) is 2.02. The summed E-state index contributed by atoms with van der Waals surface area (Å²) in [6.45, 7) is 5.64. The Morgan fingerprint density at radius 1 is 1.47 bits per heavy atom. The highest BCUT2D eigenvalue weighted by Gasteiger charge is 2.10. The van der Waals surface area contributed by atoms with Crippen LogP contribution in [0.1, 0.15) is 33.6 Å². The summed E-state index contributed by atoms with van der Waals surface area (Å²) in [6.07, 6.45) is 2.59. The second kappa shape index (κ2) is 7.04. The summed E-state index contributed by atoms with van der Waals surface area (Å²) < 4.78 is 4.50. The van der Waals surface area contributed by atoms with Gasteiger partial charge in [-0.15, -0.1) is 0 Å². The molecule has 15 heavy (non-hydrogen) atoms. The molecule has 0 aliphatic heterocycles. The Morgan fingerprint density at radius 3 is 2.53 bits per heavy atom. The molecule has 0 aromatic rings. The fourth-order valence-corrected chi connectivity index (χ4v) is 0.995. The van der Waals surface area contributed by atoms with Crippen molar-refractivity contribution in [2.45, 2.75) is 39.7 Å². The largest absolute Gasteiger partial charge is 0.469 e. The first-order valence-corrected chi connectivity index (χ1v) is 5.04. The Kier molecular flexibility index (Phi) is 6.42. The molecule has 0 aromatic carbocycles. The maximum Gasteiger partial charge on any atom is 0.307 e. The molecule has 0 aliphatic carbocycles. The maximum atomic E-state index is 11.4. The van der Waals surface area contributed by atoms with E-state index in [4.69, 9.17) is 0 Å². The van der Waals surface area contributed by atoms with Crippen molar-refractivity contribution in [1.29, 1.82) is 0 Å². The second-order valence-corrected chi connectivity index (χ2v) is 3.53. The smallest absolute Gasteiger partial charge is 0.307 e. The maximum absolute atomic E-state index is 11.4. The van der Waals surface area contributed by atoms with Gasteiger partial charge in [0, 0.05) is 12.1 Å². The molecule has 0 aliphatic rings. The summed E-state index contributed by atoms with van der Waals surface area (Å²) in [5, 5.41) is 2.69. The number of methoxy groups -OCH3 is 1. The summed E-state index contributed by atoms with van der Waals surface area (Å²) in [6, 6.07) is -0.203. The van der Waals surface area contributed by atoms with Gasteiger partial charge in [0.2, 0.25) is 5.91 Å². The van der Waals surface area contributed by atoms with Gasteiger partial charge in [-0.2, -0.15) is 0 Å². The molecular formula is C11H19NO3. The first kappa shape index (κ1) is 13.7. The fourth-order valence-electron chi connectivity index (χ4n) is 0.995. The molecule has 1 unspecified atom stereocenters. The molecule has 0 saturated carbocycles. The minimum Gasteiger partial charge on any atom is -0.469 e. The lowest BCUT2D eigenvalue weighted by Crippen LogP contribution is -2.33. The monoisotopic (exact) mass is 213 g/mol. The lowest BCUT2D eigenvalue weighted by Gasteiger charge is -2.10. The van der Waals surface area contributed by atoms with Gasteiger partial charge in [0.25, 0.3) is 0 Å². The van der Waals surface area contributed by atoms with Crippen molar-refractivity contribution in [1.82, 2.24) is 5.32 Å². The molecule has 0 bridgehead atoms. The van der Waals surface area contributed by atoms with Gasteiger partial charge in [0.15, 0.2) is 0 Å². The number of rotatable bonds is 5. The van der Waals surface area contributed by atoms with Crippen LogP contribution in [0, 0.1) is 0 Å². The van der Waals surface area contributed by atoms with Crippen molar-refractivity contribution >= 4 is 11.9 Å². The van der Waals surface area contributed by atoms with Gasteiger partial charge in [-0.05, 0) is 20.3 Å². The van der Waals surface area contributed by atoms with Crippen LogP contribution in [-0.2, 0) is 14.3 Å². The minimum absolute atomic E-state index is 0.161. The molecule has 0 aromatic heterocycles. The van der Waals surface area contributed by atoms with Crippen LogP contribution >= 0.6 is 0 Å². The number of ether oxygens (including phenoxy) is 1. The molecule has 1 N–H and O–H groups in total. The van der Waals surface area contributed by atoms with E-state index in [2.05, 4.69) is 10.1 Å². The van der Waals surface area contributed by atoms with Crippen LogP contribution in [0.2, 0.25) is 0 Å². The van der Waals surface area contributed by atoms with E-state index >= 15 is 0 Å². The first-order chi connectivity index (χ1) is 6.99. The zero-order valence-corrected chi connectivity index (χ0v) is 9.79. The van der Waals surface area contributed by atoms with E-state index in [-0.39, 0.29) is 24.3 Å². The highest BCUT2D eigenvalue weighted by Crippen LogP contribution is 1.98. The van der Waals surface area contributed by atoms with Crippen molar-refractivity contribution in [2.24, 2.45) is 0 Å². The van der Waals surface area contributed by atoms with Crippen molar-refractivity contribution in [2.75, 3.05) is 7.11 Å². The van der Waals surface area contributed by atoms with Crippen molar-refractivity contribution in [3.05, 3.63) is 11.6 Å². The molecule has 0 saturated heterocycles. The van der Waals surface area contributed by atoms with Crippen LogP contribution in [0.4, 0.5) is 0 Å². The number of allylic oxidation sites excluding steroid dienone is 1. The van der Waals surface area contributed by atoms with E-state index < -0.39 is 0 Å². The lowest BCUT2D eigenvalue weighted by molar-refractivity contribution is -0.141. The minimum atomic E-state index is -0.320. The van der Waals surface area contributed by atoms with Crippen molar-refractivity contribution in [3.8, 4) is 0 Å². The Bertz CT molecular complexity index is 259. The summed E-state index contributed by atoms with van der Waals surface area (Å²) in [5.74, 6) is -0.482. The molecule has 4 nitrogen and oxygen atoms in total. The summed E-state index contributed by atoms with van der Waals surface area (Å²) in [5.41, 5.74) is 1.01. The van der Waals surface area contributed by atoms with Crippen LogP contribution in [0.25, 0.3) is 0 Å². The van der Waals surface area contributed by atoms with Crippen LogP contribution in [0.5, 0.6) is 0 Å². The number of carbonyl (C=O) groups is 2. The third-order valence-electron chi connectivity index (χ3n) is 2.02. The van der Waals surface area contributed by atoms with Gasteiger partial charge < -0.3 is 10.1 Å². The molecule has 0 fully saturated rings. The van der Waals surface area contributed by atoms with Crippen LogP contribution in [0.3, 0.4) is 0 Å². The average Bonchev–Trinajstić information content (AvgIpc) is 2.16. The Morgan fingerprint density at radius 2 is 2.07 bits per heavy atom. The predicted octanol–water partition coefficient (Wildman–Crippen LogP) is 1.41. The molecule has 0 radical (unpaired) electrons. The topological polar surface area (TPSA) is 55.4 Å². The summed E-state index contributed by atoms with van der Waals surface area (Å²) >= 11 is 0. The molecule has 1 atom stereocenters. The number of nitrogens with one attached hydrogen (secondary N) is 1. The highest BCUT2D eigenvalue weighted by atomic mass is 16.5. The standard InChI is InChI=1S/C11H19NO3/c1-5-8(2)6-10(13)12-9(3)7-11(14)15-4/h6,9H,5,7H2,1-4H3,(H,12,13). The Hall–Kier alpha value is -1.32. The van der Waals surface area contributed by atoms with E-state index in [9.17, 15) is 9.59 Å². The van der Waals surface area contributed by atoms with E-state index in [1.165, 1.54) is 7.11 Å². The zero-order valence-electron chi connectivity index (χ0n) is 9.79. The molecule has 4 heteroatoms. The third kappa shape index (κ3) is 6.71. The molecule has 86 valence electrons. The molecule has 1 amide bonds. The lowest BCUT2D eigenvalue weighted by atomic mass is 10.2. The quantitative estimate of drug-likeness (QED) is 0.555. The van der Waals surface area contributed by atoms with E-state index in [0.29, 0.717) is 0 Å². The van der Waals surface area contributed by atoms with E-state index in [1.807, 2.05) is 13.8 Å². The van der Waals surface area contributed by atoms with E-state index in [0.717, 1.165) is 12.0 Å². The van der Waals surface area contributed by atoms with Crippen molar-refractivity contribution < 1.29 is 14.3 Å². The van der Waals surface area contributed by atoms with Gasteiger partial charge >= 0.3 is 5.97 Å². The van der Waals surface area contributed by atoms with Gasteiger partial charge in [-0.1, -0.05) is 12.5 Å². The van der Waals surface area contributed by atoms with Crippen LogP contribution < -0.4 is 5.32 Å². The fraction of sp³-hybridized carbons (Fsp3) is 0.636. The number of hydrogen-bond donors (Lipinski definition) is 1. The number of hydrogen-bond acceptors (Lipinski definition) is 3. The summed E-state index contributed by atoms with van der Waals surface area (Å²) in [4.78, 5) is 22.2. The molecular weight excluding hydrogens is 194 g/mol. The number of amides is 1. The van der Waals surface area contributed by atoms with Gasteiger partial charge in [-0.3, -0.25) is 9.59 Å². The number of carbonyl (C=O) groups excluding carboxylic acids is 2.